The number of carboxylic acid groups (broad SMARTS) is 1. The van der Waals surface area contributed by atoms with E-state index in [0.717, 1.165) is 25.7 Å². The Balaban J connectivity index is 2.04. The maximum atomic E-state index is 12.3. The molecule has 1 aliphatic heterocycles. The van der Waals surface area contributed by atoms with Gasteiger partial charge < -0.3 is 10.4 Å². The number of likely N-dealkylation sites (tertiary alicyclic amines) is 1. The Kier molecular flexibility index (Phi) is 4.91. The van der Waals surface area contributed by atoms with E-state index in [1.54, 1.807) is 0 Å². The Morgan fingerprint density at radius 2 is 1.95 bits per heavy atom. The Hall–Kier alpha value is -1.10. The number of aliphatic carboxylic acids is 1. The summed E-state index contributed by atoms with van der Waals surface area (Å²) in [5, 5.41) is 12.5. The monoisotopic (exact) mass is 296 g/mol. The van der Waals surface area contributed by atoms with Crippen molar-refractivity contribution in [1.82, 2.24) is 10.2 Å². The number of rotatable bonds is 5. The number of hydrogen-bond acceptors (Lipinski definition) is 3. The van der Waals surface area contributed by atoms with Gasteiger partial charge in [-0.3, -0.25) is 14.5 Å². The largest absolute Gasteiger partial charge is 0.480 e. The zero-order valence-corrected chi connectivity index (χ0v) is 13.4. The van der Waals surface area contributed by atoms with E-state index in [0.29, 0.717) is 12.3 Å². The van der Waals surface area contributed by atoms with Gasteiger partial charge in [0.2, 0.25) is 5.91 Å². The smallest absolute Gasteiger partial charge is 0.320 e. The second kappa shape index (κ2) is 6.34. The van der Waals surface area contributed by atoms with E-state index in [4.69, 9.17) is 0 Å². The third kappa shape index (κ3) is 3.76. The van der Waals surface area contributed by atoms with Crippen molar-refractivity contribution < 1.29 is 14.7 Å². The number of amides is 1. The highest BCUT2D eigenvalue weighted by atomic mass is 16.4. The van der Waals surface area contributed by atoms with Crippen LogP contribution < -0.4 is 5.32 Å². The Labute approximate surface area is 127 Å². The summed E-state index contributed by atoms with van der Waals surface area (Å²) in [6.07, 6.45) is 6.02. The molecule has 0 aromatic rings. The lowest BCUT2D eigenvalue weighted by molar-refractivity contribution is -0.143. The maximum absolute atomic E-state index is 12.3. The SMILES string of the molecule is CCC(C)(C)NC(=O)CN1C(C(=O)O)CC2CCCCC21. The van der Waals surface area contributed by atoms with Gasteiger partial charge in [-0.1, -0.05) is 19.8 Å². The highest BCUT2D eigenvalue weighted by Gasteiger charge is 2.45. The number of nitrogens with zero attached hydrogens (tertiary/aromatic N) is 1. The summed E-state index contributed by atoms with van der Waals surface area (Å²) in [7, 11) is 0. The third-order valence-corrected chi connectivity index (χ3v) is 5.19. The zero-order chi connectivity index (χ0) is 15.6. The first kappa shape index (κ1) is 16.3. The number of nitrogens with one attached hydrogen (secondary N) is 1. The summed E-state index contributed by atoms with van der Waals surface area (Å²) in [5.74, 6) is -0.391. The van der Waals surface area contributed by atoms with Crippen LogP contribution in [0.3, 0.4) is 0 Å². The first-order valence-corrected chi connectivity index (χ1v) is 8.13. The van der Waals surface area contributed by atoms with Crippen LogP contribution in [0.25, 0.3) is 0 Å². The average Bonchev–Trinajstić information content (AvgIpc) is 2.77. The predicted octanol–water partition coefficient (Wildman–Crippen LogP) is 2.01. The topological polar surface area (TPSA) is 69.6 Å². The minimum atomic E-state index is -0.785. The van der Waals surface area contributed by atoms with Gasteiger partial charge in [-0.05, 0) is 45.4 Å². The lowest BCUT2D eigenvalue weighted by Crippen LogP contribution is -2.51. The summed E-state index contributed by atoms with van der Waals surface area (Å²) in [5.41, 5.74) is -0.235. The van der Waals surface area contributed by atoms with Crippen molar-refractivity contribution in [2.45, 2.75) is 76.9 Å². The predicted molar refractivity (Wildman–Crippen MR) is 81.0 cm³/mol. The van der Waals surface area contributed by atoms with Crippen LogP contribution in [0.5, 0.6) is 0 Å². The fourth-order valence-corrected chi connectivity index (χ4v) is 3.69. The van der Waals surface area contributed by atoms with E-state index < -0.39 is 12.0 Å². The molecule has 0 spiro atoms. The van der Waals surface area contributed by atoms with Crippen molar-refractivity contribution in [2.24, 2.45) is 5.92 Å². The molecule has 1 aliphatic carbocycles. The first-order valence-electron chi connectivity index (χ1n) is 8.13. The third-order valence-electron chi connectivity index (χ3n) is 5.19. The molecule has 21 heavy (non-hydrogen) atoms. The standard InChI is InChI=1S/C16H28N2O3/c1-4-16(2,3)17-14(19)10-18-12-8-6-5-7-11(12)9-13(18)15(20)21/h11-13H,4-10H2,1-3H3,(H,17,19)(H,20,21). The van der Waals surface area contributed by atoms with Crippen LogP contribution in [0.1, 0.15) is 59.3 Å². The van der Waals surface area contributed by atoms with Crippen molar-refractivity contribution in [1.29, 1.82) is 0 Å². The van der Waals surface area contributed by atoms with Gasteiger partial charge in [0.25, 0.3) is 0 Å². The summed E-state index contributed by atoms with van der Waals surface area (Å²) in [6, 6.07) is -0.219. The van der Waals surface area contributed by atoms with Crippen molar-refractivity contribution >= 4 is 11.9 Å². The van der Waals surface area contributed by atoms with Crippen LogP contribution in [0.15, 0.2) is 0 Å². The molecule has 0 aromatic heterocycles. The summed E-state index contributed by atoms with van der Waals surface area (Å²) in [6.45, 7) is 6.23. The summed E-state index contributed by atoms with van der Waals surface area (Å²) >= 11 is 0. The highest BCUT2D eigenvalue weighted by Crippen LogP contribution is 2.39. The first-order chi connectivity index (χ1) is 9.84. The van der Waals surface area contributed by atoms with E-state index >= 15 is 0 Å². The van der Waals surface area contributed by atoms with Crippen LogP contribution in [0.2, 0.25) is 0 Å². The quantitative estimate of drug-likeness (QED) is 0.814. The molecule has 5 nitrogen and oxygen atoms in total. The van der Waals surface area contributed by atoms with Gasteiger partial charge in [0.1, 0.15) is 6.04 Å². The zero-order valence-electron chi connectivity index (χ0n) is 13.4. The number of hydrogen-bond donors (Lipinski definition) is 2. The molecule has 0 aromatic carbocycles. The lowest BCUT2D eigenvalue weighted by atomic mass is 9.85. The molecule has 0 bridgehead atoms. The molecule has 2 N–H and O–H groups in total. The van der Waals surface area contributed by atoms with Gasteiger partial charge in [-0.2, -0.15) is 0 Å². The molecule has 2 rings (SSSR count). The normalized spacial score (nSPS) is 30.0. The van der Waals surface area contributed by atoms with Crippen molar-refractivity contribution in [3.8, 4) is 0 Å². The van der Waals surface area contributed by atoms with Crippen LogP contribution in [-0.4, -0.2) is 46.1 Å². The molecule has 0 radical (unpaired) electrons. The van der Waals surface area contributed by atoms with Crippen LogP contribution in [-0.2, 0) is 9.59 Å². The highest BCUT2D eigenvalue weighted by molar-refractivity contribution is 5.81. The Morgan fingerprint density at radius 1 is 1.29 bits per heavy atom. The molecule has 120 valence electrons. The molecular formula is C16H28N2O3. The van der Waals surface area contributed by atoms with Crippen molar-refractivity contribution in [3.63, 3.8) is 0 Å². The number of carbonyl (C=O) groups is 2. The van der Waals surface area contributed by atoms with E-state index in [-0.39, 0.29) is 24.0 Å². The number of carboxylic acids is 1. The van der Waals surface area contributed by atoms with Gasteiger partial charge in [-0.15, -0.1) is 0 Å². The van der Waals surface area contributed by atoms with Gasteiger partial charge in [0, 0.05) is 11.6 Å². The fourth-order valence-electron chi connectivity index (χ4n) is 3.69. The molecule has 1 amide bonds. The summed E-state index contributed by atoms with van der Waals surface area (Å²) < 4.78 is 0. The minimum absolute atomic E-state index is 0.0562. The van der Waals surface area contributed by atoms with E-state index in [1.165, 1.54) is 6.42 Å². The molecule has 3 unspecified atom stereocenters. The molecular weight excluding hydrogens is 268 g/mol. The van der Waals surface area contributed by atoms with E-state index in [9.17, 15) is 14.7 Å². The molecule has 3 atom stereocenters. The van der Waals surface area contributed by atoms with Gasteiger partial charge in [0.15, 0.2) is 0 Å². The molecule has 2 aliphatic rings. The molecule has 2 fully saturated rings. The summed E-state index contributed by atoms with van der Waals surface area (Å²) in [4.78, 5) is 25.7. The molecule has 1 saturated heterocycles. The van der Waals surface area contributed by atoms with Gasteiger partial charge in [0.05, 0.1) is 6.54 Å². The number of carbonyl (C=O) groups excluding carboxylic acids is 1. The van der Waals surface area contributed by atoms with Crippen LogP contribution in [0, 0.1) is 5.92 Å². The minimum Gasteiger partial charge on any atom is -0.480 e. The Bertz CT molecular complexity index is 408. The number of fused-ring (bicyclic) bond motifs is 1. The van der Waals surface area contributed by atoms with Crippen molar-refractivity contribution in [2.75, 3.05) is 6.54 Å². The molecule has 5 heteroatoms. The maximum Gasteiger partial charge on any atom is 0.320 e. The van der Waals surface area contributed by atoms with Crippen molar-refractivity contribution in [3.05, 3.63) is 0 Å². The van der Waals surface area contributed by atoms with Gasteiger partial charge in [-0.25, -0.2) is 0 Å². The van der Waals surface area contributed by atoms with Crippen LogP contribution in [0.4, 0.5) is 0 Å². The molecule has 1 heterocycles. The van der Waals surface area contributed by atoms with Crippen LogP contribution >= 0.6 is 0 Å². The van der Waals surface area contributed by atoms with E-state index in [1.807, 2.05) is 25.7 Å². The van der Waals surface area contributed by atoms with E-state index in [2.05, 4.69) is 5.32 Å². The second-order valence-electron chi connectivity index (χ2n) is 7.16. The molecule has 1 saturated carbocycles. The fraction of sp³-hybridized carbons (Fsp3) is 0.875. The Morgan fingerprint density at radius 3 is 2.57 bits per heavy atom. The average molecular weight is 296 g/mol. The van der Waals surface area contributed by atoms with Gasteiger partial charge >= 0.3 is 5.97 Å². The lowest BCUT2D eigenvalue weighted by Gasteiger charge is -2.33. The second-order valence-corrected chi connectivity index (χ2v) is 7.16.